The molecule has 0 aromatic rings. The van der Waals surface area contributed by atoms with E-state index in [1.54, 1.807) is 0 Å². The number of thioether (sulfide) groups is 1. The summed E-state index contributed by atoms with van der Waals surface area (Å²) in [6.45, 7) is 0. The van der Waals surface area contributed by atoms with Crippen LogP contribution in [0.5, 0.6) is 0 Å². The van der Waals surface area contributed by atoms with E-state index in [-0.39, 0.29) is 0 Å². The van der Waals surface area contributed by atoms with E-state index in [1.807, 2.05) is 0 Å². The van der Waals surface area contributed by atoms with E-state index in [1.165, 1.54) is 24.3 Å². The van der Waals surface area contributed by atoms with Crippen molar-refractivity contribution in [1.29, 1.82) is 0 Å². The average Bonchev–Trinajstić information content (AvgIpc) is 1.69. The molecule has 7 heavy (non-hydrogen) atoms. The van der Waals surface area contributed by atoms with Gasteiger partial charge >= 0.3 is 0 Å². The average molecular weight is 181 g/mol. The fourth-order valence-corrected chi connectivity index (χ4v) is 2.84. The normalized spacial score (nSPS) is 25.3. The molecule has 0 unspecified atom stereocenters. The minimum absolute atomic E-state index is 0.828. The second kappa shape index (κ2) is 2.98. The highest BCUT2D eigenvalue weighted by Gasteiger charge is 2.07. The van der Waals surface area contributed by atoms with Gasteiger partial charge in [-0.15, -0.1) is 0 Å². The third kappa shape index (κ3) is 2.04. The van der Waals surface area contributed by atoms with Gasteiger partial charge in [-0.25, -0.2) is 0 Å². The summed E-state index contributed by atoms with van der Waals surface area (Å²) in [6, 6.07) is 0. The smallest absolute Gasteiger partial charge is 0.0161 e. The van der Waals surface area contributed by atoms with Crippen molar-refractivity contribution in [3.63, 3.8) is 0 Å². The topological polar surface area (TPSA) is 0 Å². The highest BCUT2D eigenvalue weighted by molar-refractivity contribution is 9.09. The van der Waals surface area contributed by atoms with Crippen LogP contribution in [0.15, 0.2) is 0 Å². The number of rotatable bonds is 0. The Bertz CT molecular complexity index is 50.0. The maximum Gasteiger partial charge on any atom is 0.0161 e. The summed E-state index contributed by atoms with van der Waals surface area (Å²) < 4.78 is 0. The van der Waals surface area contributed by atoms with Crippen LogP contribution in [-0.2, 0) is 0 Å². The summed E-state index contributed by atoms with van der Waals surface area (Å²) in [4.78, 5) is 0.828. The van der Waals surface area contributed by atoms with Crippen LogP contribution in [0.4, 0.5) is 0 Å². The molecule has 1 aliphatic heterocycles. The fraction of sp³-hybridized carbons (Fsp3) is 1.00. The Kier molecular flexibility index (Phi) is 2.53. The standard InChI is InChI=1S/C5H9BrS/c6-5-1-3-7-4-2-5/h5H,1-4H2. The van der Waals surface area contributed by atoms with E-state index < -0.39 is 0 Å². The summed E-state index contributed by atoms with van der Waals surface area (Å²) in [6.07, 6.45) is 2.73. The lowest BCUT2D eigenvalue weighted by molar-refractivity contribution is 0.798. The molecule has 0 aliphatic carbocycles. The quantitative estimate of drug-likeness (QED) is 0.516. The number of hydrogen-bond acceptors (Lipinski definition) is 1. The van der Waals surface area contributed by atoms with Gasteiger partial charge in [0, 0.05) is 4.83 Å². The molecule has 1 heterocycles. The highest BCUT2D eigenvalue weighted by Crippen LogP contribution is 2.22. The molecule has 2 heteroatoms. The molecule has 0 radical (unpaired) electrons. The van der Waals surface area contributed by atoms with Crippen molar-refractivity contribution in [2.45, 2.75) is 17.7 Å². The second-order valence-electron chi connectivity index (χ2n) is 1.79. The first kappa shape index (κ1) is 5.96. The molecule has 0 amide bonds. The van der Waals surface area contributed by atoms with Crippen LogP contribution in [0, 0.1) is 0 Å². The summed E-state index contributed by atoms with van der Waals surface area (Å²) in [5.41, 5.74) is 0. The zero-order chi connectivity index (χ0) is 5.11. The third-order valence-corrected chi connectivity index (χ3v) is 3.12. The second-order valence-corrected chi connectivity index (χ2v) is 4.31. The van der Waals surface area contributed by atoms with Crippen LogP contribution < -0.4 is 0 Å². The van der Waals surface area contributed by atoms with Crippen molar-refractivity contribution in [2.24, 2.45) is 0 Å². The first-order valence-corrected chi connectivity index (χ1v) is 4.68. The molecule has 1 fully saturated rings. The molecular weight excluding hydrogens is 172 g/mol. The third-order valence-electron chi connectivity index (χ3n) is 1.15. The Morgan fingerprint density at radius 2 is 1.86 bits per heavy atom. The highest BCUT2D eigenvalue weighted by atomic mass is 79.9. The molecule has 0 bridgehead atoms. The molecule has 0 spiro atoms. The van der Waals surface area contributed by atoms with Gasteiger partial charge in [-0.05, 0) is 24.3 Å². The Hall–Kier alpha value is 0.830. The molecular formula is C5H9BrS. The van der Waals surface area contributed by atoms with Gasteiger partial charge in [-0.2, -0.15) is 11.8 Å². The molecule has 0 N–H and O–H groups in total. The SMILES string of the molecule is BrC1CCSCC1. The van der Waals surface area contributed by atoms with Crippen molar-refractivity contribution in [1.82, 2.24) is 0 Å². The van der Waals surface area contributed by atoms with Gasteiger partial charge in [0.15, 0.2) is 0 Å². The van der Waals surface area contributed by atoms with Crippen molar-refractivity contribution in [3.05, 3.63) is 0 Å². The molecule has 42 valence electrons. The lowest BCUT2D eigenvalue weighted by atomic mass is 10.3. The maximum absolute atomic E-state index is 3.57. The van der Waals surface area contributed by atoms with Crippen LogP contribution in [-0.4, -0.2) is 16.3 Å². The van der Waals surface area contributed by atoms with E-state index in [2.05, 4.69) is 27.7 Å². The molecule has 0 aromatic heterocycles. The molecule has 0 atom stereocenters. The maximum atomic E-state index is 3.57. The Morgan fingerprint density at radius 3 is 2.14 bits per heavy atom. The summed E-state index contributed by atoms with van der Waals surface area (Å²) in [5.74, 6) is 2.71. The predicted molar refractivity (Wildman–Crippen MR) is 39.3 cm³/mol. The Labute approximate surface area is 57.2 Å². The lowest BCUT2D eigenvalue weighted by Gasteiger charge is -2.13. The number of halogens is 1. The lowest BCUT2D eigenvalue weighted by Crippen LogP contribution is -2.06. The van der Waals surface area contributed by atoms with Crippen LogP contribution >= 0.6 is 27.7 Å². The van der Waals surface area contributed by atoms with Gasteiger partial charge in [0.1, 0.15) is 0 Å². The number of hydrogen-bond donors (Lipinski definition) is 0. The predicted octanol–water partition coefficient (Wildman–Crippen LogP) is 2.28. The molecule has 0 aromatic carbocycles. The van der Waals surface area contributed by atoms with Crippen molar-refractivity contribution < 1.29 is 0 Å². The van der Waals surface area contributed by atoms with Crippen molar-refractivity contribution in [2.75, 3.05) is 11.5 Å². The molecule has 1 saturated heterocycles. The van der Waals surface area contributed by atoms with Gasteiger partial charge < -0.3 is 0 Å². The Balaban J connectivity index is 2.12. The first-order chi connectivity index (χ1) is 3.39. The fourth-order valence-electron chi connectivity index (χ4n) is 0.669. The summed E-state index contributed by atoms with van der Waals surface area (Å²) >= 11 is 5.64. The largest absolute Gasteiger partial charge is 0.162 e. The van der Waals surface area contributed by atoms with Crippen LogP contribution in [0.3, 0.4) is 0 Å². The van der Waals surface area contributed by atoms with E-state index >= 15 is 0 Å². The minimum atomic E-state index is 0.828. The van der Waals surface area contributed by atoms with Gasteiger partial charge in [0.05, 0.1) is 0 Å². The van der Waals surface area contributed by atoms with Crippen molar-refractivity contribution in [3.8, 4) is 0 Å². The molecule has 1 rings (SSSR count). The van der Waals surface area contributed by atoms with Crippen LogP contribution in [0.1, 0.15) is 12.8 Å². The monoisotopic (exact) mass is 180 g/mol. The molecule has 1 aliphatic rings. The first-order valence-electron chi connectivity index (χ1n) is 2.61. The van der Waals surface area contributed by atoms with Gasteiger partial charge in [-0.1, -0.05) is 15.9 Å². The van der Waals surface area contributed by atoms with Gasteiger partial charge in [0.25, 0.3) is 0 Å². The number of alkyl halides is 1. The van der Waals surface area contributed by atoms with Gasteiger partial charge in [-0.3, -0.25) is 0 Å². The summed E-state index contributed by atoms with van der Waals surface area (Å²) in [7, 11) is 0. The zero-order valence-corrected chi connectivity index (χ0v) is 6.59. The zero-order valence-electron chi connectivity index (χ0n) is 4.19. The van der Waals surface area contributed by atoms with Crippen molar-refractivity contribution >= 4 is 27.7 Å². The van der Waals surface area contributed by atoms with E-state index in [0.717, 1.165) is 4.83 Å². The van der Waals surface area contributed by atoms with E-state index in [9.17, 15) is 0 Å². The summed E-state index contributed by atoms with van der Waals surface area (Å²) in [5, 5.41) is 0. The van der Waals surface area contributed by atoms with Crippen LogP contribution in [0.25, 0.3) is 0 Å². The van der Waals surface area contributed by atoms with Crippen LogP contribution in [0.2, 0.25) is 0 Å². The van der Waals surface area contributed by atoms with Gasteiger partial charge in [0.2, 0.25) is 0 Å². The molecule has 0 saturated carbocycles. The minimum Gasteiger partial charge on any atom is -0.162 e. The molecule has 0 nitrogen and oxygen atoms in total. The van der Waals surface area contributed by atoms with E-state index in [4.69, 9.17) is 0 Å². The van der Waals surface area contributed by atoms with E-state index in [0.29, 0.717) is 0 Å². The Morgan fingerprint density at radius 1 is 1.29 bits per heavy atom.